The van der Waals surface area contributed by atoms with Crippen molar-refractivity contribution in [3.05, 3.63) is 36.0 Å². The summed E-state index contributed by atoms with van der Waals surface area (Å²) < 4.78 is 0. The zero-order valence-corrected chi connectivity index (χ0v) is 11.0. The summed E-state index contributed by atoms with van der Waals surface area (Å²) in [5.41, 5.74) is 1.65. The predicted octanol–water partition coefficient (Wildman–Crippen LogP) is 1.60. The molecule has 18 heavy (non-hydrogen) atoms. The maximum atomic E-state index is 12.2. The van der Waals surface area contributed by atoms with E-state index in [-0.39, 0.29) is 5.91 Å². The number of aromatic amines is 1. The smallest absolute Gasteiger partial charge is 0.253 e. The zero-order chi connectivity index (χ0) is 13.1. The average molecular weight is 244 g/mol. The molecule has 1 amide bonds. The van der Waals surface area contributed by atoms with Gasteiger partial charge in [0.25, 0.3) is 5.91 Å². The molecule has 0 saturated carbocycles. The van der Waals surface area contributed by atoms with E-state index in [0.29, 0.717) is 5.56 Å². The van der Waals surface area contributed by atoms with E-state index in [1.807, 2.05) is 39.3 Å². The number of carbonyl (C=O) groups excluding carboxylic acids is 1. The number of hydrogen-bond acceptors (Lipinski definition) is 2. The summed E-state index contributed by atoms with van der Waals surface area (Å²) >= 11 is 0. The van der Waals surface area contributed by atoms with Gasteiger partial charge in [0.2, 0.25) is 0 Å². The topological polar surface area (TPSA) is 39.3 Å². The van der Waals surface area contributed by atoms with Crippen molar-refractivity contribution in [3.8, 4) is 0 Å². The van der Waals surface area contributed by atoms with Gasteiger partial charge in [-0.3, -0.25) is 4.79 Å². The van der Waals surface area contributed by atoms with E-state index in [1.54, 1.807) is 11.1 Å². The van der Waals surface area contributed by atoms with E-state index < -0.39 is 0 Å². The molecule has 0 spiro atoms. The van der Waals surface area contributed by atoms with Crippen LogP contribution in [0.1, 0.15) is 10.4 Å². The third kappa shape index (κ3) is 2.71. The fourth-order valence-electron chi connectivity index (χ4n) is 1.79. The Hall–Kier alpha value is -1.81. The van der Waals surface area contributed by atoms with Crippen molar-refractivity contribution < 1.29 is 4.79 Å². The second-order valence-corrected chi connectivity index (χ2v) is 4.72. The van der Waals surface area contributed by atoms with Crippen LogP contribution in [0.4, 0.5) is 0 Å². The van der Waals surface area contributed by atoms with Gasteiger partial charge in [-0.05, 0) is 26.2 Å². The molecule has 4 heteroatoms. The lowest BCUT2D eigenvalue weighted by molar-refractivity contribution is 0.0786. The van der Waals surface area contributed by atoms with Gasteiger partial charge in [0.1, 0.15) is 0 Å². The Morgan fingerprint density at radius 2 is 2.06 bits per heavy atom. The van der Waals surface area contributed by atoms with Crippen LogP contribution in [-0.2, 0) is 0 Å². The van der Waals surface area contributed by atoms with E-state index in [0.717, 1.165) is 24.0 Å². The molecule has 1 N–H and O–H groups in total. The summed E-state index contributed by atoms with van der Waals surface area (Å²) in [6.07, 6.45) is 1.76. The van der Waals surface area contributed by atoms with Crippen LogP contribution in [0.3, 0.4) is 0 Å². The Labute approximate surface area is 107 Å². The molecule has 0 bridgehead atoms. The SMILES string of the molecule is CN(C)CCN(C)C(=O)c1ccc2[c]c[nH]c2c1. The summed E-state index contributed by atoms with van der Waals surface area (Å²) in [6, 6.07) is 8.71. The first-order valence-corrected chi connectivity index (χ1v) is 5.97. The number of amides is 1. The number of benzene rings is 1. The zero-order valence-electron chi connectivity index (χ0n) is 11.0. The van der Waals surface area contributed by atoms with E-state index in [9.17, 15) is 4.79 Å². The molecule has 1 heterocycles. The summed E-state index contributed by atoms with van der Waals surface area (Å²) in [6.45, 7) is 1.58. The van der Waals surface area contributed by atoms with Crippen LogP contribution in [0.5, 0.6) is 0 Å². The molecule has 0 aliphatic carbocycles. The van der Waals surface area contributed by atoms with Crippen molar-refractivity contribution >= 4 is 16.8 Å². The molecule has 0 fully saturated rings. The Morgan fingerprint density at radius 3 is 2.78 bits per heavy atom. The van der Waals surface area contributed by atoms with Gasteiger partial charge in [0, 0.05) is 48.9 Å². The van der Waals surface area contributed by atoms with Crippen molar-refractivity contribution in [1.82, 2.24) is 14.8 Å². The first kappa shape index (κ1) is 12.6. The van der Waals surface area contributed by atoms with Gasteiger partial charge in [0.05, 0.1) is 0 Å². The Morgan fingerprint density at radius 1 is 1.28 bits per heavy atom. The number of hydrogen-bond donors (Lipinski definition) is 1. The molecule has 0 atom stereocenters. The first-order chi connectivity index (χ1) is 8.58. The molecule has 4 nitrogen and oxygen atoms in total. The lowest BCUT2D eigenvalue weighted by Gasteiger charge is -2.19. The third-order valence-electron chi connectivity index (χ3n) is 2.95. The van der Waals surface area contributed by atoms with Gasteiger partial charge in [-0.25, -0.2) is 0 Å². The van der Waals surface area contributed by atoms with Gasteiger partial charge in [-0.2, -0.15) is 0 Å². The van der Waals surface area contributed by atoms with Gasteiger partial charge < -0.3 is 14.8 Å². The monoisotopic (exact) mass is 244 g/mol. The van der Waals surface area contributed by atoms with Crippen LogP contribution in [0.2, 0.25) is 0 Å². The highest BCUT2D eigenvalue weighted by molar-refractivity contribution is 5.97. The predicted molar refractivity (Wildman–Crippen MR) is 72.6 cm³/mol. The van der Waals surface area contributed by atoms with Crippen LogP contribution in [0.25, 0.3) is 10.9 Å². The van der Waals surface area contributed by atoms with Crippen LogP contribution < -0.4 is 0 Å². The van der Waals surface area contributed by atoms with E-state index in [2.05, 4.69) is 16.0 Å². The van der Waals surface area contributed by atoms with Gasteiger partial charge >= 0.3 is 0 Å². The summed E-state index contributed by atoms with van der Waals surface area (Å²) in [7, 11) is 5.83. The number of rotatable bonds is 4. The van der Waals surface area contributed by atoms with E-state index in [1.165, 1.54) is 0 Å². The third-order valence-corrected chi connectivity index (χ3v) is 2.95. The molecule has 1 aromatic carbocycles. The van der Waals surface area contributed by atoms with Crippen molar-refractivity contribution in [3.63, 3.8) is 0 Å². The van der Waals surface area contributed by atoms with Crippen molar-refractivity contribution in [1.29, 1.82) is 0 Å². The van der Waals surface area contributed by atoms with Gasteiger partial charge in [-0.15, -0.1) is 0 Å². The maximum absolute atomic E-state index is 12.2. The quantitative estimate of drug-likeness (QED) is 0.887. The fraction of sp³-hybridized carbons (Fsp3) is 0.357. The molecule has 0 aliphatic heterocycles. The van der Waals surface area contributed by atoms with Crippen molar-refractivity contribution in [2.75, 3.05) is 34.2 Å². The number of carbonyl (C=O) groups is 1. The molecular weight excluding hydrogens is 226 g/mol. The van der Waals surface area contributed by atoms with E-state index in [4.69, 9.17) is 0 Å². The number of aromatic nitrogens is 1. The molecule has 95 valence electrons. The summed E-state index contributed by atoms with van der Waals surface area (Å²) in [5.74, 6) is 0.0494. The molecule has 0 unspecified atom stereocenters. The highest BCUT2D eigenvalue weighted by Gasteiger charge is 2.12. The molecular formula is C14H18N3O. The second-order valence-electron chi connectivity index (χ2n) is 4.72. The van der Waals surface area contributed by atoms with Crippen LogP contribution >= 0.6 is 0 Å². The minimum absolute atomic E-state index is 0.0494. The molecule has 0 saturated heterocycles. The number of fused-ring (bicyclic) bond motifs is 1. The minimum Gasteiger partial charge on any atom is -0.361 e. The van der Waals surface area contributed by atoms with Crippen molar-refractivity contribution in [2.45, 2.75) is 0 Å². The number of nitrogens with zero attached hydrogens (tertiary/aromatic N) is 2. The van der Waals surface area contributed by atoms with Gasteiger partial charge in [0.15, 0.2) is 0 Å². The highest BCUT2D eigenvalue weighted by Crippen LogP contribution is 2.14. The molecule has 0 aliphatic rings. The normalized spacial score (nSPS) is 11.1. The van der Waals surface area contributed by atoms with E-state index >= 15 is 0 Å². The number of nitrogens with one attached hydrogen (secondary N) is 1. The standard InChI is InChI=1S/C14H18N3O/c1-16(2)8-9-17(3)14(18)12-5-4-11-6-7-15-13(11)10-12/h4-5,7,10,15H,8-9H2,1-3H3. The lowest BCUT2D eigenvalue weighted by Crippen LogP contribution is -2.33. The molecule has 1 aromatic heterocycles. The average Bonchev–Trinajstić information content (AvgIpc) is 2.81. The summed E-state index contributed by atoms with van der Waals surface area (Å²) in [4.78, 5) is 19.1. The maximum Gasteiger partial charge on any atom is 0.253 e. The Bertz CT molecular complexity index is 545. The summed E-state index contributed by atoms with van der Waals surface area (Å²) in [5, 5.41) is 1.00. The van der Waals surface area contributed by atoms with Crippen molar-refractivity contribution in [2.24, 2.45) is 0 Å². The fourth-order valence-corrected chi connectivity index (χ4v) is 1.79. The first-order valence-electron chi connectivity index (χ1n) is 5.97. The number of likely N-dealkylation sites (N-methyl/N-ethyl adjacent to an activating group) is 2. The molecule has 1 radical (unpaired) electrons. The Kier molecular flexibility index (Phi) is 3.67. The highest BCUT2D eigenvalue weighted by atomic mass is 16.2. The molecule has 2 aromatic rings. The largest absolute Gasteiger partial charge is 0.361 e. The van der Waals surface area contributed by atoms with Crippen LogP contribution in [-0.4, -0.2) is 54.9 Å². The Balaban J connectivity index is 2.12. The van der Waals surface area contributed by atoms with Crippen LogP contribution in [0, 0.1) is 6.07 Å². The second kappa shape index (κ2) is 5.23. The van der Waals surface area contributed by atoms with Crippen LogP contribution in [0.15, 0.2) is 24.4 Å². The number of H-pyrrole nitrogens is 1. The lowest BCUT2D eigenvalue weighted by atomic mass is 10.1. The van der Waals surface area contributed by atoms with Gasteiger partial charge in [-0.1, -0.05) is 6.07 Å². The molecule has 2 rings (SSSR count). The minimum atomic E-state index is 0.0494.